The number of nitrogen functional groups attached to an aromatic ring is 1. The topological polar surface area (TPSA) is 69.1 Å². The number of halogens is 1. The first-order valence-corrected chi connectivity index (χ1v) is 5.41. The van der Waals surface area contributed by atoms with Gasteiger partial charge >= 0.3 is 0 Å². The minimum atomic E-state index is -0.535. The second kappa shape index (κ2) is 4.47. The van der Waals surface area contributed by atoms with Crippen LogP contribution in [0.3, 0.4) is 0 Å². The molecule has 0 saturated heterocycles. The highest BCUT2D eigenvalue weighted by Crippen LogP contribution is 2.30. The maximum Gasteiger partial charge on any atom is 0.250 e. The van der Waals surface area contributed by atoms with Crippen LogP contribution in [-0.2, 0) is 0 Å². The highest BCUT2D eigenvalue weighted by molar-refractivity contribution is 6.36. The van der Waals surface area contributed by atoms with Gasteiger partial charge in [0.15, 0.2) is 0 Å². The van der Waals surface area contributed by atoms with Crippen molar-refractivity contribution >= 4 is 23.2 Å². The Hall–Kier alpha value is -2.00. The van der Waals surface area contributed by atoms with Crippen molar-refractivity contribution in [2.24, 2.45) is 5.73 Å². The van der Waals surface area contributed by atoms with E-state index in [9.17, 15) is 4.79 Å². The number of carbonyl (C=O) groups excluding carboxylic acids is 1. The van der Waals surface area contributed by atoms with Crippen LogP contribution < -0.4 is 11.5 Å². The molecule has 0 aliphatic rings. The number of nitrogens with two attached hydrogens (primary N) is 2. The van der Waals surface area contributed by atoms with E-state index in [2.05, 4.69) is 0 Å². The molecule has 0 atom stereocenters. The number of hydrogen-bond acceptors (Lipinski definition) is 2. The van der Waals surface area contributed by atoms with Gasteiger partial charge in [-0.05, 0) is 23.8 Å². The van der Waals surface area contributed by atoms with Gasteiger partial charge in [0, 0.05) is 11.3 Å². The minimum absolute atomic E-state index is 0.320. The summed E-state index contributed by atoms with van der Waals surface area (Å²) in [6, 6.07) is 12.4. The largest absolute Gasteiger partial charge is 0.399 e. The lowest BCUT2D eigenvalue weighted by Crippen LogP contribution is -2.11. The summed E-state index contributed by atoms with van der Waals surface area (Å²) in [7, 11) is 0. The van der Waals surface area contributed by atoms with Crippen molar-refractivity contribution in [1.29, 1.82) is 0 Å². The number of carbonyl (C=O) groups is 1. The average molecular weight is 247 g/mol. The van der Waals surface area contributed by atoms with E-state index in [-0.39, 0.29) is 0 Å². The Morgan fingerprint density at radius 1 is 1.06 bits per heavy atom. The number of amides is 1. The fraction of sp³-hybridized carbons (Fsp3) is 0. The van der Waals surface area contributed by atoms with Crippen LogP contribution in [0, 0.1) is 0 Å². The summed E-state index contributed by atoms with van der Waals surface area (Å²) in [5, 5.41) is 0.366. The Bertz CT molecular complexity index is 564. The molecule has 1 amide bonds. The van der Waals surface area contributed by atoms with E-state index in [4.69, 9.17) is 23.1 Å². The van der Waals surface area contributed by atoms with E-state index in [1.165, 1.54) is 0 Å². The molecule has 0 unspecified atom stereocenters. The monoisotopic (exact) mass is 246 g/mol. The predicted octanol–water partition coefficient (Wildman–Crippen LogP) is 2.69. The lowest BCUT2D eigenvalue weighted by molar-refractivity contribution is 0.100. The molecule has 0 aromatic heterocycles. The first kappa shape index (κ1) is 11.5. The van der Waals surface area contributed by atoms with Crippen molar-refractivity contribution in [3.05, 3.63) is 53.1 Å². The Labute approximate surface area is 104 Å². The van der Waals surface area contributed by atoms with Crippen LogP contribution in [0.4, 0.5) is 5.69 Å². The molecule has 0 saturated carbocycles. The molecular weight excluding hydrogens is 236 g/mol. The highest BCUT2D eigenvalue weighted by Gasteiger charge is 2.11. The fourth-order valence-corrected chi connectivity index (χ4v) is 1.94. The molecule has 86 valence electrons. The quantitative estimate of drug-likeness (QED) is 0.800. The molecule has 0 fully saturated rings. The predicted molar refractivity (Wildman–Crippen MR) is 69.8 cm³/mol. The van der Waals surface area contributed by atoms with Crippen molar-refractivity contribution < 1.29 is 4.79 Å². The average Bonchev–Trinajstić information content (AvgIpc) is 2.30. The van der Waals surface area contributed by atoms with Gasteiger partial charge in [-0.2, -0.15) is 0 Å². The van der Waals surface area contributed by atoms with Crippen molar-refractivity contribution in [2.75, 3.05) is 5.73 Å². The Morgan fingerprint density at radius 2 is 1.71 bits per heavy atom. The Kier molecular flexibility index (Phi) is 3.02. The lowest BCUT2D eigenvalue weighted by atomic mass is 10.0. The summed E-state index contributed by atoms with van der Waals surface area (Å²) in [5.41, 5.74) is 13.5. The van der Waals surface area contributed by atoms with E-state index in [0.29, 0.717) is 16.3 Å². The van der Waals surface area contributed by atoms with Gasteiger partial charge in [0.1, 0.15) is 0 Å². The number of primary amides is 1. The number of hydrogen-bond donors (Lipinski definition) is 2. The van der Waals surface area contributed by atoms with Gasteiger partial charge in [-0.25, -0.2) is 0 Å². The number of benzene rings is 2. The molecule has 0 spiro atoms. The van der Waals surface area contributed by atoms with Crippen molar-refractivity contribution in [1.82, 2.24) is 0 Å². The van der Waals surface area contributed by atoms with Gasteiger partial charge in [-0.1, -0.05) is 35.9 Å². The molecule has 2 aromatic rings. The third-order valence-electron chi connectivity index (χ3n) is 2.49. The summed E-state index contributed by atoms with van der Waals surface area (Å²) in [5.74, 6) is -0.535. The van der Waals surface area contributed by atoms with Crippen molar-refractivity contribution in [3.8, 4) is 11.1 Å². The third kappa shape index (κ3) is 2.24. The highest BCUT2D eigenvalue weighted by atomic mass is 35.5. The van der Waals surface area contributed by atoms with Gasteiger partial charge in [-0.3, -0.25) is 4.79 Å². The maximum atomic E-state index is 11.2. The molecule has 0 heterocycles. The molecule has 17 heavy (non-hydrogen) atoms. The van der Waals surface area contributed by atoms with E-state index in [1.54, 1.807) is 24.3 Å². The van der Waals surface area contributed by atoms with Crippen molar-refractivity contribution in [2.45, 2.75) is 0 Å². The molecule has 4 N–H and O–H groups in total. The van der Waals surface area contributed by atoms with E-state index in [0.717, 1.165) is 11.1 Å². The van der Waals surface area contributed by atoms with Gasteiger partial charge in [0.25, 0.3) is 0 Å². The smallest absolute Gasteiger partial charge is 0.250 e. The van der Waals surface area contributed by atoms with Gasteiger partial charge in [0.2, 0.25) is 5.91 Å². The van der Waals surface area contributed by atoms with Gasteiger partial charge in [-0.15, -0.1) is 0 Å². The van der Waals surface area contributed by atoms with Crippen molar-refractivity contribution in [3.63, 3.8) is 0 Å². The third-order valence-corrected chi connectivity index (χ3v) is 2.89. The number of anilines is 1. The van der Waals surface area contributed by atoms with E-state index < -0.39 is 5.91 Å². The van der Waals surface area contributed by atoms with E-state index >= 15 is 0 Å². The normalized spacial score (nSPS) is 10.2. The van der Waals surface area contributed by atoms with Crippen LogP contribution in [0.1, 0.15) is 10.4 Å². The van der Waals surface area contributed by atoms with Gasteiger partial charge < -0.3 is 11.5 Å². The number of rotatable bonds is 2. The zero-order valence-corrected chi connectivity index (χ0v) is 9.74. The van der Waals surface area contributed by atoms with Crippen LogP contribution in [-0.4, -0.2) is 5.91 Å². The zero-order chi connectivity index (χ0) is 12.4. The van der Waals surface area contributed by atoms with Crippen LogP contribution in [0.5, 0.6) is 0 Å². The standard InChI is InChI=1S/C13H11ClN2O/c14-12-10(2-1-3-11(12)13(16)17)8-4-6-9(15)7-5-8/h1-7H,15H2,(H2,16,17). The zero-order valence-electron chi connectivity index (χ0n) is 8.98. The van der Waals surface area contributed by atoms with Crippen LogP contribution in [0.15, 0.2) is 42.5 Å². The first-order valence-electron chi connectivity index (χ1n) is 5.04. The van der Waals surface area contributed by atoms with E-state index in [1.807, 2.05) is 18.2 Å². The van der Waals surface area contributed by atoms with Crippen LogP contribution in [0.25, 0.3) is 11.1 Å². The molecular formula is C13H11ClN2O. The molecule has 3 nitrogen and oxygen atoms in total. The molecule has 0 aliphatic heterocycles. The maximum absolute atomic E-state index is 11.2. The molecule has 0 radical (unpaired) electrons. The fourth-order valence-electron chi connectivity index (χ4n) is 1.61. The summed E-state index contributed by atoms with van der Waals surface area (Å²) in [6.45, 7) is 0. The lowest BCUT2D eigenvalue weighted by Gasteiger charge is -2.07. The van der Waals surface area contributed by atoms with Crippen LogP contribution in [0.2, 0.25) is 5.02 Å². The molecule has 2 rings (SSSR count). The summed E-state index contributed by atoms with van der Waals surface area (Å²) in [6.07, 6.45) is 0. The first-order chi connectivity index (χ1) is 8.09. The Morgan fingerprint density at radius 3 is 2.29 bits per heavy atom. The summed E-state index contributed by atoms with van der Waals surface area (Å²) >= 11 is 6.15. The Balaban J connectivity index is 2.56. The molecule has 0 aliphatic carbocycles. The summed E-state index contributed by atoms with van der Waals surface area (Å²) < 4.78 is 0. The van der Waals surface area contributed by atoms with Crippen LogP contribution >= 0.6 is 11.6 Å². The molecule has 0 bridgehead atoms. The second-order valence-corrected chi connectivity index (χ2v) is 4.03. The SMILES string of the molecule is NC(=O)c1cccc(-c2ccc(N)cc2)c1Cl. The minimum Gasteiger partial charge on any atom is -0.399 e. The molecule has 4 heteroatoms. The summed E-state index contributed by atoms with van der Waals surface area (Å²) in [4.78, 5) is 11.2. The van der Waals surface area contributed by atoms with Gasteiger partial charge in [0.05, 0.1) is 10.6 Å². The second-order valence-electron chi connectivity index (χ2n) is 3.65. The molecule has 2 aromatic carbocycles.